The van der Waals surface area contributed by atoms with E-state index in [4.69, 9.17) is 10.5 Å². The van der Waals surface area contributed by atoms with E-state index in [1.54, 1.807) is 0 Å². The SMILES string of the molecule is Cc1ccc(Br)c2c1C(N)CO2. The van der Waals surface area contributed by atoms with Crippen molar-refractivity contribution >= 4 is 15.9 Å². The fraction of sp³-hybridized carbons (Fsp3) is 0.333. The molecular weight excluding hydrogens is 218 g/mol. The van der Waals surface area contributed by atoms with E-state index < -0.39 is 0 Å². The summed E-state index contributed by atoms with van der Waals surface area (Å²) in [5.74, 6) is 0.919. The number of fused-ring (bicyclic) bond motifs is 1. The Morgan fingerprint density at radius 2 is 2.33 bits per heavy atom. The van der Waals surface area contributed by atoms with Crippen LogP contribution in [-0.2, 0) is 0 Å². The molecule has 1 aromatic rings. The fourth-order valence-corrected chi connectivity index (χ4v) is 2.00. The van der Waals surface area contributed by atoms with Gasteiger partial charge in [-0.1, -0.05) is 6.07 Å². The molecule has 0 aromatic heterocycles. The Hall–Kier alpha value is -0.540. The molecule has 64 valence electrons. The monoisotopic (exact) mass is 227 g/mol. The van der Waals surface area contributed by atoms with Crippen molar-refractivity contribution in [2.75, 3.05) is 6.61 Å². The van der Waals surface area contributed by atoms with Gasteiger partial charge in [0.2, 0.25) is 0 Å². The van der Waals surface area contributed by atoms with E-state index in [1.165, 1.54) is 5.56 Å². The highest BCUT2D eigenvalue weighted by Crippen LogP contribution is 2.39. The van der Waals surface area contributed by atoms with Crippen LogP contribution in [0.15, 0.2) is 16.6 Å². The maximum atomic E-state index is 5.87. The van der Waals surface area contributed by atoms with Crippen LogP contribution in [0.4, 0.5) is 0 Å². The van der Waals surface area contributed by atoms with Gasteiger partial charge in [0.25, 0.3) is 0 Å². The highest BCUT2D eigenvalue weighted by Gasteiger charge is 2.24. The lowest BCUT2D eigenvalue weighted by Crippen LogP contribution is -2.11. The van der Waals surface area contributed by atoms with Crippen molar-refractivity contribution in [3.05, 3.63) is 27.7 Å². The topological polar surface area (TPSA) is 35.2 Å². The van der Waals surface area contributed by atoms with Crippen molar-refractivity contribution < 1.29 is 4.74 Å². The van der Waals surface area contributed by atoms with Crippen LogP contribution in [-0.4, -0.2) is 6.61 Å². The Balaban J connectivity index is 2.64. The second-order valence-corrected chi connectivity index (χ2v) is 3.88. The third-order valence-electron chi connectivity index (χ3n) is 2.14. The van der Waals surface area contributed by atoms with Gasteiger partial charge in [0, 0.05) is 5.56 Å². The van der Waals surface area contributed by atoms with Gasteiger partial charge in [0.15, 0.2) is 0 Å². The molecule has 1 aliphatic heterocycles. The standard InChI is InChI=1S/C9H10BrNO/c1-5-2-3-6(10)9-8(5)7(11)4-12-9/h2-3,7H,4,11H2,1H3. The molecule has 1 unspecified atom stereocenters. The van der Waals surface area contributed by atoms with Crippen LogP contribution in [0.25, 0.3) is 0 Å². The lowest BCUT2D eigenvalue weighted by atomic mass is 10.0. The first kappa shape index (κ1) is 8.08. The summed E-state index contributed by atoms with van der Waals surface area (Å²) in [5.41, 5.74) is 8.22. The zero-order valence-electron chi connectivity index (χ0n) is 6.80. The summed E-state index contributed by atoms with van der Waals surface area (Å²) in [6.07, 6.45) is 0. The minimum Gasteiger partial charge on any atom is -0.490 e. The summed E-state index contributed by atoms with van der Waals surface area (Å²) in [6.45, 7) is 2.65. The predicted octanol–water partition coefficient (Wildman–Crippen LogP) is 2.15. The summed E-state index contributed by atoms with van der Waals surface area (Å²) in [7, 11) is 0. The van der Waals surface area contributed by atoms with Gasteiger partial charge in [-0.3, -0.25) is 0 Å². The molecule has 0 saturated heterocycles. The third kappa shape index (κ3) is 1.04. The van der Waals surface area contributed by atoms with Gasteiger partial charge in [-0.15, -0.1) is 0 Å². The van der Waals surface area contributed by atoms with E-state index in [2.05, 4.69) is 28.9 Å². The fourth-order valence-electron chi connectivity index (χ4n) is 1.54. The Morgan fingerprint density at radius 1 is 1.58 bits per heavy atom. The molecule has 0 bridgehead atoms. The number of hydrogen-bond acceptors (Lipinski definition) is 2. The van der Waals surface area contributed by atoms with E-state index in [1.807, 2.05) is 6.07 Å². The molecule has 0 aliphatic carbocycles. The molecule has 1 heterocycles. The maximum absolute atomic E-state index is 5.87. The highest BCUT2D eigenvalue weighted by molar-refractivity contribution is 9.10. The van der Waals surface area contributed by atoms with Gasteiger partial charge in [0.1, 0.15) is 12.4 Å². The largest absolute Gasteiger partial charge is 0.490 e. The number of halogens is 1. The summed E-state index contributed by atoms with van der Waals surface area (Å²) < 4.78 is 6.45. The molecule has 1 aromatic carbocycles. The molecule has 2 rings (SSSR count). The number of nitrogens with two attached hydrogens (primary N) is 1. The molecule has 1 atom stereocenters. The van der Waals surface area contributed by atoms with Gasteiger partial charge in [-0.2, -0.15) is 0 Å². The molecule has 3 heteroatoms. The Bertz CT molecular complexity index is 325. The van der Waals surface area contributed by atoms with Crippen LogP contribution in [0.3, 0.4) is 0 Å². The average Bonchev–Trinajstić information content (AvgIpc) is 2.42. The summed E-state index contributed by atoms with van der Waals surface area (Å²) in [4.78, 5) is 0. The second-order valence-electron chi connectivity index (χ2n) is 3.02. The van der Waals surface area contributed by atoms with E-state index in [-0.39, 0.29) is 6.04 Å². The van der Waals surface area contributed by atoms with E-state index >= 15 is 0 Å². The number of hydrogen-bond donors (Lipinski definition) is 1. The number of ether oxygens (including phenoxy) is 1. The lowest BCUT2D eigenvalue weighted by Gasteiger charge is -2.05. The molecule has 12 heavy (non-hydrogen) atoms. The first-order valence-electron chi connectivity index (χ1n) is 3.87. The van der Waals surface area contributed by atoms with E-state index in [0.717, 1.165) is 15.8 Å². The summed E-state index contributed by atoms with van der Waals surface area (Å²) in [6, 6.07) is 4.08. The summed E-state index contributed by atoms with van der Waals surface area (Å²) in [5, 5.41) is 0. The molecular formula is C9H10BrNO. The van der Waals surface area contributed by atoms with E-state index in [0.29, 0.717) is 6.61 Å². The number of aryl methyl sites for hydroxylation is 1. The minimum atomic E-state index is 0.0394. The molecule has 2 N–H and O–H groups in total. The Kier molecular flexibility index (Phi) is 1.85. The van der Waals surface area contributed by atoms with Crippen LogP contribution in [0.5, 0.6) is 5.75 Å². The molecule has 1 aliphatic rings. The zero-order chi connectivity index (χ0) is 8.72. The van der Waals surface area contributed by atoms with Crippen molar-refractivity contribution in [2.24, 2.45) is 5.73 Å². The van der Waals surface area contributed by atoms with E-state index in [9.17, 15) is 0 Å². The van der Waals surface area contributed by atoms with Crippen LogP contribution in [0.1, 0.15) is 17.2 Å². The highest BCUT2D eigenvalue weighted by atomic mass is 79.9. The van der Waals surface area contributed by atoms with Gasteiger partial charge in [-0.05, 0) is 34.5 Å². The first-order valence-corrected chi connectivity index (χ1v) is 4.67. The second kappa shape index (κ2) is 2.75. The van der Waals surface area contributed by atoms with Gasteiger partial charge < -0.3 is 10.5 Å². The maximum Gasteiger partial charge on any atom is 0.138 e. The van der Waals surface area contributed by atoms with Crippen molar-refractivity contribution in [3.63, 3.8) is 0 Å². The Labute approximate surface area is 79.8 Å². The minimum absolute atomic E-state index is 0.0394. The van der Waals surface area contributed by atoms with Crippen LogP contribution < -0.4 is 10.5 Å². The Morgan fingerprint density at radius 3 is 3.00 bits per heavy atom. The van der Waals surface area contributed by atoms with Crippen molar-refractivity contribution in [2.45, 2.75) is 13.0 Å². The zero-order valence-corrected chi connectivity index (χ0v) is 8.39. The average molecular weight is 228 g/mol. The normalized spacial score (nSPS) is 20.4. The number of benzene rings is 1. The molecule has 0 fully saturated rings. The first-order chi connectivity index (χ1) is 5.70. The quantitative estimate of drug-likeness (QED) is 0.738. The summed E-state index contributed by atoms with van der Waals surface area (Å²) >= 11 is 3.43. The lowest BCUT2D eigenvalue weighted by molar-refractivity contribution is 0.331. The van der Waals surface area contributed by atoms with Gasteiger partial charge >= 0.3 is 0 Å². The molecule has 2 nitrogen and oxygen atoms in total. The smallest absolute Gasteiger partial charge is 0.138 e. The van der Waals surface area contributed by atoms with Gasteiger partial charge in [0.05, 0.1) is 10.5 Å². The van der Waals surface area contributed by atoms with Crippen molar-refractivity contribution in [1.82, 2.24) is 0 Å². The predicted molar refractivity (Wildman–Crippen MR) is 51.3 cm³/mol. The van der Waals surface area contributed by atoms with Crippen LogP contribution in [0.2, 0.25) is 0 Å². The van der Waals surface area contributed by atoms with Gasteiger partial charge in [-0.25, -0.2) is 0 Å². The van der Waals surface area contributed by atoms with Crippen molar-refractivity contribution in [3.8, 4) is 5.75 Å². The molecule has 0 radical (unpaired) electrons. The number of rotatable bonds is 0. The third-order valence-corrected chi connectivity index (χ3v) is 2.77. The molecule has 0 saturated carbocycles. The van der Waals surface area contributed by atoms with Crippen molar-refractivity contribution in [1.29, 1.82) is 0 Å². The van der Waals surface area contributed by atoms with Crippen LogP contribution in [0, 0.1) is 6.92 Å². The molecule has 0 spiro atoms. The molecule has 0 amide bonds. The van der Waals surface area contributed by atoms with Crippen LogP contribution >= 0.6 is 15.9 Å².